The van der Waals surface area contributed by atoms with Crippen LogP contribution in [-0.4, -0.2) is 63.8 Å². The Balaban J connectivity index is 1.52. The number of benzene rings is 2. The number of carbonyl (C=O) groups is 2. The van der Waals surface area contributed by atoms with Crippen LogP contribution in [0.5, 0.6) is 17.2 Å². The van der Waals surface area contributed by atoms with Crippen LogP contribution in [0.1, 0.15) is 27.5 Å². The number of halogens is 3. The van der Waals surface area contributed by atoms with Gasteiger partial charge in [-0.05, 0) is 29.8 Å². The molecule has 0 bridgehead atoms. The molecule has 1 heterocycles. The summed E-state index contributed by atoms with van der Waals surface area (Å²) in [4.78, 5) is 25.3. The van der Waals surface area contributed by atoms with Gasteiger partial charge in [0.15, 0.2) is 17.5 Å². The summed E-state index contributed by atoms with van der Waals surface area (Å²) in [5.74, 6) is -0.151. The number of hydrogen-bond acceptors (Lipinski definition) is 9. The van der Waals surface area contributed by atoms with E-state index in [1.807, 2.05) is 6.07 Å². The van der Waals surface area contributed by atoms with Gasteiger partial charge in [0.2, 0.25) is 11.7 Å². The standard InChI is InChI=1S/C24H25F3N6O5/c1-36-19-9-8-16(20(37-2)21(19)38-3)22(34)29-10-11-33-13-18(31-32-33)23(35)30-17(12-28)14-4-6-15(7-5-14)24(25,26)27/h4-9,17-18H,10-11,13H2,1-3H3,(H,29,34)(H,30,35). The lowest BCUT2D eigenvalue weighted by Gasteiger charge is -2.17. The number of hydrogen-bond donors (Lipinski definition) is 2. The lowest BCUT2D eigenvalue weighted by atomic mass is 10.0. The Morgan fingerprint density at radius 1 is 1.11 bits per heavy atom. The van der Waals surface area contributed by atoms with Crippen molar-refractivity contribution in [3.05, 3.63) is 53.1 Å². The molecule has 0 spiro atoms. The molecular formula is C24H25F3N6O5. The molecule has 2 aromatic carbocycles. The summed E-state index contributed by atoms with van der Waals surface area (Å²) in [5.41, 5.74) is -0.425. The normalized spacial score (nSPS) is 15.4. The van der Waals surface area contributed by atoms with E-state index in [2.05, 4.69) is 21.0 Å². The number of carbonyl (C=O) groups excluding carboxylic acids is 2. The van der Waals surface area contributed by atoms with Crippen LogP contribution < -0.4 is 24.8 Å². The van der Waals surface area contributed by atoms with E-state index in [1.165, 1.54) is 32.4 Å². The Bertz CT molecular complexity index is 1230. The molecule has 1 aliphatic rings. The van der Waals surface area contributed by atoms with E-state index < -0.39 is 35.6 Å². The molecule has 2 atom stereocenters. The van der Waals surface area contributed by atoms with Crippen LogP contribution in [0.2, 0.25) is 0 Å². The van der Waals surface area contributed by atoms with Gasteiger partial charge in [-0.1, -0.05) is 17.4 Å². The van der Waals surface area contributed by atoms with Crippen LogP contribution in [-0.2, 0) is 11.0 Å². The van der Waals surface area contributed by atoms with E-state index in [0.717, 1.165) is 24.3 Å². The maximum absolute atomic E-state index is 12.8. The van der Waals surface area contributed by atoms with Gasteiger partial charge in [0.05, 0.1) is 51.6 Å². The van der Waals surface area contributed by atoms with Gasteiger partial charge in [-0.25, -0.2) is 0 Å². The van der Waals surface area contributed by atoms with Gasteiger partial charge in [0.1, 0.15) is 6.04 Å². The third-order valence-electron chi connectivity index (χ3n) is 5.60. The maximum atomic E-state index is 12.8. The minimum atomic E-state index is -4.51. The van der Waals surface area contributed by atoms with Crippen molar-refractivity contribution in [3.8, 4) is 23.3 Å². The number of rotatable bonds is 10. The highest BCUT2D eigenvalue weighted by Gasteiger charge is 2.31. The summed E-state index contributed by atoms with van der Waals surface area (Å²) < 4.78 is 54.1. The molecule has 0 saturated carbocycles. The van der Waals surface area contributed by atoms with Crippen molar-refractivity contribution in [2.24, 2.45) is 10.3 Å². The molecule has 14 heteroatoms. The molecule has 0 radical (unpaired) electrons. The van der Waals surface area contributed by atoms with Gasteiger partial charge < -0.3 is 24.8 Å². The highest BCUT2D eigenvalue weighted by Crippen LogP contribution is 2.39. The molecule has 1 aliphatic heterocycles. The van der Waals surface area contributed by atoms with Crippen LogP contribution in [0.25, 0.3) is 0 Å². The Kier molecular flexibility index (Phi) is 8.95. The second-order valence-corrected chi connectivity index (χ2v) is 7.96. The third-order valence-corrected chi connectivity index (χ3v) is 5.60. The van der Waals surface area contributed by atoms with Gasteiger partial charge in [-0.3, -0.25) is 14.6 Å². The van der Waals surface area contributed by atoms with Crippen molar-refractivity contribution in [2.75, 3.05) is 41.0 Å². The topological polar surface area (TPSA) is 138 Å². The van der Waals surface area contributed by atoms with Crippen LogP contribution >= 0.6 is 0 Å². The Morgan fingerprint density at radius 2 is 1.79 bits per heavy atom. The smallest absolute Gasteiger partial charge is 0.416 e. The van der Waals surface area contributed by atoms with E-state index >= 15 is 0 Å². The summed E-state index contributed by atoms with van der Waals surface area (Å²) in [6.45, 7) is 0.484. The number of methoxy groups -OCH3 is 3. The summed E-state index contributed by atoms with van der Waals surface area (Å²) in [5, 5.41) is 23.9. The quantitative estimate of drug-likeness (QED) is 0.478. The highest BCUT2D eigenvalue weighted by molar-refractivity contribution is 5.98. The van der Waals surface area contributed by atoms with Crippen LogP contribution in [0.3, 0.4) is 0 Å². The number of amides is 2. The van der Waals surface area contributed by atoms with E-state index in [4.69, 9.17) is 14.2 Å². The van der Waals surface area contributed by atoms with E-state index in [-0.39, 0.29) is 42.3 Å². The van der Waals surface area contributed by atoms with Crippen molar-refractivity contribution in [3.63, 3.8) is 0 Å². The fourth-order valence-corrected chi connectivity index (χ4v) is 3.65. The second-order valence-electron chi connectivity index (χ2n) is 7.96. The molecule has 0 fully saturated rings. The van der Waals surface area contributed by atoms with Gasteiger partial charge in [0.25, 0.3) is 5.91 Å². The largest absolute Gasteiger partial charge is 0.493 e. The van der Waals surface area contributed by atoms with Crippen molar-refractivity contribution in [1.29, 1.82) is 5.26 Å². The van der Waals surface area contributed by atoms with Crippen LogP contribution in [0, 0.1) is 11.3 Å². The Hall–Kier alpha value is -4.54. The lowest BCUT2D eigenvalue weighted by Crippen LogP contribution is -2.40. The molecule has 2 amide bonds. The van der Waals surface area contributed by atoms with Crippen LogP contribution in [0.4, 0.5) is 13.2 Å². The van der Waals surface area contributed by atoms with Crippen molar-refractivity contribution in [2.45, 2.75) is 18.3 Å². The monoisotopic (exact) mass is 534 g/mol. The number of alkyl halides is 3. The summed E-state index contributed by atoms with van der Waals surface area (Å²) in [6.07, 6.45) is -4.51. The number of nitrogens with one attached hydrogen (secondary N) is 2. The summed E-state index contributed by atoms with van der Waals surface area (Å²) in [7, 11) is 4.29. The SMILES string of the molecule is COc1ccc(C(=O)NCCN2CC(C(=O)NC(C#N)c3ccc(C(F)(F)F)cc3)N=N2)c(OC)c1OC. The molecule has 202 valence electrons. The first-order chi connectivity index (χ1) is 18.1. The van der Waals surface area contributed by atoms with E-state index in [9.17, 15) is 28.0 Å². The number of nitrogens with zero attached hydrogens (tertiary/aromatic N) is 4. The summed E-state index contributed by atoms with van der Waals surface area (Å²) in [6, 6.07) is 6.83. The minimum absolute atomic E-state index is 0.0898. The zero-order valence-corrected chi connectivity index (χ0v) is 20.7. The molecule has 11 nitrogen and oxygen atoms in total. The van der Waals surface area contributed by atoms with Crippen molar-refractivity contribution in [1.82, 2.24) is 15.6 Å². The minimum Gasteiger partial charge on any atom is -0.493 e. The zero-order valence-electron chi connectivity index (χ0n) is 20.7. The molecule has 3 rings (SSSR count). The molecule has 0 aromatic heterocycles. The van der Waals surface area contributed by atoms with Crippen LogP contribution in [0.15, 0.2) is 46.7 Å². The Labute approximate surface area is 216 Å². The van der Waals surface area contributed by atoms with Crippen molar-refractivity contribution < 1.29 is 37.0 Å². The number of ether oxygens (including phenoxy) is 3. The predicted molar refractivity (Wildman–Crippen MR) is 127 cm³/mol. The number of nitriles is 1. The van der Waals surface area contributed by atoms with Gasteiger partial charge in [-0.2, -0.15) is 23.5 Å². The average Bonchev–Trinajstić information content (AvgIpc) is 3.39. The Morgan fingerprint density at radius 3 is 2.37 bits per heavy atom. The first-order valence-electron chi connectivity index (χ1n) is 11.2. The first-order valence-corrected chi connectivity index (χ1v) is 11.2. The van der Waals surface area contributed by atoms with Gasteiger partial charge in [-0.15, -0.1) is 0 Å². The van der Waals surface area contributed by atoms with E-state index in [1.54, 1.807) is 6.07 Å². The molecule has 0 saturated heterocycles. The fourth-order valence-electron chi connectivity index (χ4n) is 3.65. The van der Waals surface area contributed by atoms with E-state index in [0.29, 0.717) is 5.75 Å². The molecule has 0 aliphatic carbocycles. The summed E-state index contributed by atoms with van der Waals surface area (Å²) >= 11 is 0. The second kappa shape index (κ2) is 12.1. The molecular weight excluding hydrogens is 509 g/mol. The maximum Gasteiger partial charge on any atom is 0.416 e. The molecule has 38 heavy (non-hydrogen) atoms. The molecule has 2 aromatic rings. The predicted octanol–water partition coefficient (Wildman–Crippen LogP) is 2.89. The molecule has 2 unspecified atom stereocenters. The average molecular weight is 534 g/mol. The first kappa shape index (κ1) is 28.0. The van der Waals surface area contributed by atoms with Gasteiger partial charge in [0, 0.05) is 6.54 Å². The lowest BCUT2D eigenvalue weighted by molar-refractivity contribution is -0.137. The third kappa shape index (κ3) is 6.41. The fraction of sp³-hybridized carbons (Fsp3) is 0.375. The molecule has 2 N–H and O–H groups in total. The van der Waals surface area contributed by atoms with Gasteiger partial charge >= 0.3 is 6.18 Å². The van der Waals surface area contributed by atoms with Crippen molar-refractivity contribution >= 4 is 11.8 Å². The highest BCUT2D eigenvalue weighted by atomic mass is 19.4. The zero-order chi connectivity index (χ0) is 27.9.